The van der Waals surface area contributed by atoms with Crippen molar-refractivity contribution in [3.63, 3.8) is 0 Å². The molecule has 0 saturated heterocycles. The fourth-order valence-electron chi connectivity index (χ4n) is 2.15. The molecule has 0 aliphatic carbocycles. The summed E-state index contributed by atoms with van der Waals surface area (Å²) < 4.78 is 1.84. The third kappa shape index (κ3) is 2.62. The van der Waals surface area contributed by atoms with Gasteiger partial charge >= 0.3 is 0 Å². The van der Waals surface area contributed by atoms with E-state index in [1.807, 2.05) is 17.7 Å². The predicted molar refractivity (Wildman–Crippen MR) is 72.5 cm³/mol. The van der Waals surface area contributed by atoms with Gasteiger partial charge < -0.3 is 5.11 Å². The summed E-state index contributed by atoms with van der Waals surface area (Å²) >= 11 is 0. The van der Waals surface area contributed by atoms with Gasteiger partial charge in [0, 0.05) is 19.2 Å². The molecule has 0 bridgehead atoms. The van der Waals surface area contributed by atoms with Crippen molar-refractivity contribution in [1.82, 2.24) is 9.78 Å². The van der Waals surface area contributed by atoms with Crippen LogP contribution in [0.1, 0.15) is 35.4 Å². The second kappa shape index (κ2) is 5.36. The van der Waals surface area contributed by atoms with Gasteiger partial charge in [-0.05, 0) is 43.5 Å². The Labute approximate surface area is 108 Å². The Balaban J connectivity index is 2.16. The van der Waals surface area contributed by atoms with Crippen molar-refractivity contribution >= 4 is 0 Å². The first-order valence-electron chi connectivity index (χ1n) is 6.37. The zero-order valence-electron chi connectivity index (χ0n) is 11.2. The Morgan fingerprint density at radius 3 is 2.67 bits per heavy atom. The van der Waals surface area contributed by atoms with Crippen molar-refractivity contribution in [2.75, 3.05) is 0 Å². The molecule has 0 spiro atoms. The highest BCUT2D eigenvalue weighted by molar-refractivity contribution is 5.30. The fraction of sp³-hybridized carbons (Fsp3) is 0.400. The van der Waals surface area contributed by atoms with Crippen LogP contribution in [-0.2, 0) is 13.0 Å². The average Bonchev–Trinajstić information content (AvgIpc) is 2.82. The Morgan fingerprint density at radius 2 is 2.00 bits per heavy atom. The van der Waals surface area contributed by atoms with Crippen LogP contribution < -0.4 is 0 Å². The quantitative estimate of drug-likeness (QED) is 0.898. The maximum Gasteiger partial charge on any atom is 0.0996 e. The predicted octanol–water partition coefficient (Wildman–Crippen LogP) is 2.80. The summed E-state index contributed by atoms with van der Waals surface area (Å²) in [6, 6.07) is 8.22. The van der Waals surface area contributed by atoms with E-state index < -0.39 is 6.10 Å². The minimum atomic E-state index is -0.491. The largest absolute Gasteiger partial charge is 0.386 e. The number of hydrogen-bond acceptors (Lipinski definition) is 2. The van der Waals surface area contributed by atoms with Crippen LogP contribution >= 0.6 is 0 Å². The molecule has 0 saturated carbocycles. The average molecular weight is 244 g/mol. The number of aryl methyl sites for hydroxylation is 3. The molecule has 1 N–H and O–H groups in total. The SMILES string of the molecule is CCn1nccc1C(O)Cc1ccc(C)c(C)c1. The lowest BCUT2D eigenvalue weighted by atomic mass is 10.0. The van der Waals surface area contributed by atoms with Crippen molar-refractivity contribution in [1.29, 1.82) is 0 Å². The van der Waals surface area contributed by atoms with Gasteiger partial charge in [-0.3, -0.25) is 4.68 Å². The summed E-state index contributed by atoms with van der Waals surface area (Å²) in [5, 5.41) is 14.5. The van der Waals surface area contributed by atoms with Gasteiger partial charge in [-0.2, -0.15) is 5.10 Å². The zero-order valence-corrected chi connectivity index (χ0v) is 11.2. The molecule has 96 valence electrons. The van der Waals surface area contributed by atoms with Gasteiger partial charge in [0.2, 0.25) is 0 Å². The van der Waals surface area contributed by atoms with E-state index in [0.29, 0.717) is 6.42 Å². The van der Waals surface area contributed by atoms with Crippen molar-refractivity contribution in [3.8, 4) is 0 Å². The smallest absolute Gasteiger partial charge is 0.0996 e. The first-order chi connectivity index (χ1) is 8.61. The second-order valence-electron chi connectivity index (χ2n) is 4.71. The highest BCUT2D eigenvalue weighted by atomic mass is 16.3. The van der Waals surface area contributed by atoms with Gasteiger partial charge in [-0.15, -0.1) is 0 Å². The van der Waals surface area contributed by atoms with Crippen molar-refractivity contribution in [2.24, 2.45) is 0 Å². The molecular formula is C15H20N2O. The normalized spacial score (nSPS) is 12.7. The van der Waals surface area contributed by atoms with Crippen LogP contribution in [0.25, 0.3) is 0 Å². The van der Waals surface area contributed by atoms with Crippen LogP contribution in [0.4, 0.5) is 0 Å². The summed E-state index contributed by atoms with van der Waals surface area (Å²) in [6.45, 7) is 7.01. The highest BCUT2D eigenvalue weighted by Crippen LogP contribution is 2.19. The van der Waals surface area contributed by atoms with Crippen LogP contribution in [0.2, 0.25) is 0 Å². The molecule has 1 heterocycles. The molecule has 0 fully saturated rings. The Kier molecular flexibility index (Phi) is 3.82. The number of nitrogens with zero attached hydrogens (tertiary/aromatic N) is 2. The molecule has 3 nitrogen and oxygen atoms in total. The molecule has 18 heavy (non-hydrogen) atoms. The molecule has 0 radical (unpaired) electrons. The van der Waals surface area contributed by atoms with Gasteiger partial charge in [-0.1, -0.05) is 18.2 Å². The van der Waals surface area contributed by atoms with E-state index >= 15 is 0 Å². The maximum absolute atomic E-state index is 10.3. The lowest BCUT2D eigenvalue weighted by Gasteiger charge is -2.13. The molecule has 1 aromatic carbocycles. The Hall–Kier alpha value is -1.61. The standard InChI is InChI=1S/C15H20N2O/c1-4-17-14(7-8-16-17)15(18)10-13-6-5-11(2)12(3)9-13/h5-9,15,18H,4,10H2,1-3H3. The first kappa shape index (κ1) is 12.8. The highest BCUT2D eigenvalue weighted by Gasteiger charge is 2.13. The zero-order chi connectivity index (χ0) is 13.1. The summed E-state index contributed by atoms with van der Waals surface area (Å²) in [5.41, 5.74) is 4.60. The number of aliphatic hydroxyl groups excluding tert-OH is 1. The Bertz CT molecular complexity index is 531. The lowest BCUT2D eigenvalue weighted by molar-refractivity contribution is 0.167. The number of benzene rings is 1. The minimum absolute atomic E-state index is 0.491. The molecule has 2 aromatic rings. The summed E-state index contributed by atoms with van der Waals surface area (Å²) in [7, 11) is 0. The van der Waals surface area contributed by atoms with E-state index in [2.05, 4.69) is 37.1 Å². The van der Waals surface area contributed by atoms with E-state index in [-0.39, 0.29) is 0 Å². The van der Waals surface area contributed by atoms with Gasteiger partial charge in [0.15, 0.2) is 0 Å². The lowest BCUT2D eigenvalue weighted by Crippen LogP contribution is -2.10. The summed E-state index contributed by atoms with van der Waals surface area (Å²) in [4.78, 5) is 0. The van der Waals surface area contributed by atoms with E-state index in [1.165, 1.54) is 11.1 Å². The van der Waals surface area contributed by atoms with E-state index in [0.717, 1.165) is 17.8 Å². The van der Waals surface area contributed by atoms with Gasteiger partial charge in [-0.25, -0.2) is 0 Å². The monoisotopic (exact) mass is 244 g/mol. The molecule has 2 rings (SSSR count). The summed E-state index contributed by atoms with van der Waals surface area (Å²) in [5.74, 6) is 0. The van der Waals surface area contributed by atoms with Gasteiger partial charge in [0.25, 0.3) is 0 Å². The summed E-state index contributed by atoms with van der Waals surface area (Å²) in [6.07, 6.45) is 1.88. The maximum atomic E-state index is 10.3. The van der Waals surface area contributed by atoms with Crippen LogP contribution in [-0.4, -0.2) is 14.9 Å². The molecule has 0 aliphatic heterocycles. The van der Waals surface area contributed by atoms with Gasteiger partial charge in [0.05, 0.1) is 11.8 Å². The molecule has 1 aromatic heterocycles. The van der Waals surface area contributed by atoms with Crippen LogP contribution in [0, 0.1) is 13.8 Å². The number of hydrogen-bond donors (Lipinski definition) is 1. The third-order valence-electron chi connectivity index (χ3n) is 3.39. The fourth-order valence-corrected chi connectivity index (χ4v) is 2.15. The number of aromatic nitrogens is 2. The number of rotatable bonds is 4. The molecule has 1 atom stereocenters. The van der Waals surface area contributed by atoms with Gasteiger partial charge in [0.1, 0.15) is 0 Å². The third-order valence-corrected chi connectivity index (χ3v) is 3.39. The first-order valence-corrected chi connectivity index (χ1v) is 6.37. The molecule has 3 heteroatoms. The molecular weight excluding hydrogens is 224 g/mol. The Morgan fingerprint density at radius 1 is 1.22 bits per heavy atom. The van der Waals surface area contributed by atoms with Crippen LogP contribution in [0.3, 0.4) is 0 Å². The van der Waals surface area contributed by atoms with E-state index in [9.17, 15) is 5.11 Å². The van der Waals surface area contributed by atoms with E-state index in [1.54, 1.807) is 6.20 Å². The topological polar surface area (TPSA) is 38.0 Å². The van der Waals surface area contributed by atoms with Crippen molar-refractivity contribution in [2.45, 2.75) is 39.8 Å². The van der Waals surface area contributed by atoms with Crippen molar-refractivity contribution in [3.05, 3.63) is 52.8 Å². The van der Waals surface area contributed by atoms with Crippen molar-refractivity contribution < 1.29 is 5.11 Å². The molecule has 0 amide bonds. The molecule has 0 aliphatic rings. The number of aliphatic hydroxyl groups is 1. The minimum Gasteiger partial charge on any atom is -0.386 e. The van der Waals surface area contributed by atoms with Crippen LogP contribution in [0.5, 0.6) is 0 Å². The second-order valence-corrected chi connectivity index (χ2v) is 4.71. The van der Waals surface area contributed by atoms with E-state index in [4.69, 9.17) is 0 Å². The van der Waals surface area contributed by atoms with Crippen LogP contribution in [0.15, 0.2) is 30.5 Å². The molecule has 1 unspecified atom stereocenters.